The maximum Gasteiger partial charge on any atom is 0.342 e. The van der Waals surface area contributed by atoms with Crippen LogP contribution in [0.25, 0.3) is 0 Å². The highest BCUT2D eigenvalue weighted by atomic mass is 32.2. The van der Waals surface area contributed by atoms with Crippen molar-refractivity contribution in [1.82, 2.24) is 0 Å². The minimum Gasteiger partial charge on any atom is -0.477 e. The van der Waals surface area contributed by atoms with Crippen LogP contribution in [-0.4, -0.2) is 39.6 Å². The number of hydrogen-bond acceptors (Lipinski definition) is 5. The summed E-state index contributed by atoms with van der Waals surface area (Å²) in [5, 5.41) is 20.9. The standard InChI is InChI=1S/C13H16N2O4S/c1-8-6-14(7-9(2)20-8)10-3-4-12(15(18)19)11(5-10)13(16)17/h3-5,8-9H,6-7H2,1-2H3,(H,16,17). The first-order chi connectivity index (χ1) is 9.38. The second-order valence-corrected chi connectivity index (χ2v) is 6.81. The van der Waals surface area contributed by atoms with Gasteiger partial charge in [0.25, 0.3) is 5.69 Å². The lowest BCUT2D eigenvalue weighted by molar-refractivity contribution is -0.385. The molecule has 0 amide bonds. The zero-order chi connectivity index (χ0) is 14.9. The maximum atomic E-state index is 11.2. The van der Waals surface area contributed by atoms with Gasteiger partial charge >= 0.3 is 5.97 Å². The fourth-order valence-corrected chi connectivity index (χ4v) is 3.77. The van der Waals surface area contributed by atoms with Gasteiger partial charge in [0.1, 0.15) is 5.56 Å². The summed E-state index contributed by atoms with van der Waals surface area (Å²) in [6.07, 6.45) is 0. The average molecular weight is 296 g/mol. The highest BCUT2D eigenvalue weighted by Gasteiger charge is 2.25. The molecule has 0 aliphatic carbocycles. The van der Waals surface area contributed by atoms with Gasteiger partial charge in [0.05, 0.1) is 4.92 Å². The molecule has 1 aliphatic rings. The van der Waals surface area contributed by atoms with Crippen LogP contribution in [0.1, 0.15) is 24.2 Å². The predicted molar refractivity (Wildman–Crippen MR) is 78.8 cm³/mol. The number of nitrogens with zero attached hydrogens (tertiary/aromatic N) is 2. The Bertz CT molecular complexity index is 539. The highest BCUT2D eigenvalue weighted by Crippen LogP contribution is 2.31. The molecule has 0 bridgehead atoms. The second kappa shape index (κ2) is 5.70. The Morgan fingerprint density at radius 3 is 2.50 bits per heavy atom. The van der Waals surface area contributed by atoms with Crippen LogP contribution in [0.15, 0.2) is 18.2 Å². The van der Waals surface area contributed by atoms with E-state index in [1.165, 1.54) is 12.1 Å². The lowest BCUT2D eigenvalue weighted by atomic mass is 10.1. The predicted octanol–water partition coefficient (Wildman–Crippen LogP) is 2.62. The van der Waals surface area contributed by atoms with Gasteiger partial charge in [0.2, 0.25) is 0 Å². The number of carboxylic acids is 1. The third-order valence-corrected chi connectivity index (χ3v) is 4.42. The summed E-state index contributed by atoms with van der Waals surface area (Å²) in [6, 6.07) is 4.30. The molecular formula is C13H16N2O4S. The smallest absolute Gasteiger partial charge is 0.342 e. The molecule has 1 aromatic carbocycles. The molecule has 1 fully saturated rings. The van der Waals surface area contributed by atoms with Crippen molar-refractivity contribution in [2.45, 2.75) is 24.3 Å². The molecule has 6 nitrogen and oxygen atoms in total. The monoisotopic (exact) mass is 296 g/mol. The van der Waals surface area contributed by atoms with Crippen molar-refractivity contribution in [2.75, 3.05) is 18.0 Å². The molecule has 1 saturated heterocycles. The van der Waals surface area contributed by atoms with Crippen LogP contribution in [0, 0.1) is 10.1 Å². The average Bonchev–Trinajstić information content (AvgIpc) is 2.36. The third-order valence-electron chi connectivity index (χ3n) is 3.19. The quantitative estimate of drug-likeness (QED) is 0.682. The molecule has 0 radical (unpaired) electrons. The Morgan fingerprint density at radius 1 is 1.40 bits per heavy atom. The number of aromatic carboxylic acids is 1. The van der Waals surface area contributed by atoms with Crippen LogP contribution in [0.2, 0.25) is 0 Å². The van der Waals surface area contributed by atoms with Crippen LogP contribution in [0.3, 0.4) is 0 Å². The normalized spacial score (nSPS) is 22.6. The first-order valence-electron chi connectivity index (χ1n) is 6.30. The molecule has 108 valence electrons. The van der Waals surface area contributed by atoms with Crippen LogP contribution in [0.4, 0.5) is 11.4 Å². The van der Waals surface area contributed by atoms with Gasteiger partial charge in [0, 0.05) is 35.3 Å². The number of rotatable bonds is 3. The van der Waals surface area contributed by atoms with Gasteiger partial charge in [-0.15, -0.1) is 0 Å². The van der Waals surface area contributed by atoms with E-state index in [0.29, 0.717) is 10.5 Å². The fourth-order valence-electron chi connectivity index (χ4n) is 2.44. The Kier molecular flexibility index (Phi) is 4.17. The van der Waals surface area contributed by atoms with Crippen LogP contribution in [0.5, 0.6) is 0 Å². The van der Waals surface area contributed by atoms with Gasteiger partial charge in [-0.1, -0.05) is 13.8 Å². The topological polar surface area (TPSA) is 83.7 Å². The summed E-state index contributed by atoms with van der Waals surface area (Å²) in [5.74, 6) is -1.27. The van der Waals surface area contributed by atoms with Crippen LogP contribution >= 0.6 is 11.8 Å². The maximum absolute atomic E-state index is 11.2. The molecule has 7 heteroatoms. The summed E-state index contributed by atoms with van der Waals surface area (Å²) >= 11 is 1.89. The van der Waals surface area contributed by atoms with E-state index in [0.717, 1.165) is 18.8 Å². The van der Waals surface area contributed by atoms with E-state index in [1.807, 2.05) is 11.8 Å². The van der Waals surface area contributed by atoms with Crippen molar-refractivity contribution >= 4 is 29.1 Å². The minimum absolute atomic E-state index is 0.258. The summed E-state index contributed by atoms with van der Waals surface area (Å²) in [4.78, 5) is 23.4. The molecule has 0 saturated carbocycles. The number of carbonyl (C=O) groups is 1. The first kappa shape index (κ1) is 14.6. The molecule has 0 spiro atoms. The van der Waals surface area contributed by atoms with E-state index in [4.69, 9.17) is 5.11 Å². The Labute approximate surface area is 120 Å². The molecule has 1 heterocycles. The van der Waals surface area contributed by atoms with Gasteiger partial charge in [-0.05, 0) is 12.1 Å². The third kappa shape index (κ3) is 3.04. The summed E-state index contributed by atoms with van der Waals surface area (Å²) < 4.78 is 0. The Morgan fingerprint density at radius 2 is 2.00 bits per heavy atom. The second-order valence-electron chi connectivity index (χ2n) is 4.93. The van der Waals surface area contributed by atoms with Gasteiger partial charge in [0.15, 0.2) is 0 Å². The number of nitro benzene ring substituents is 1. The number of anilines is 1. The summed E-state index contributed by atoms with van der Waals surface area (Å²) in [7, 11) is 0. The van der Waals surface area contributed by atoms with Crippen molar-refractivity contribution in [3.63, 3.8) is 0 Å². The summed E-state index contributed by atoms with van der Waals surface area (Å²) in [6.45, 7) is 5.87. The fraction of sp³-hybridized carbons (Fsp3) is 0.462. The van der Waals surface area contributed by atoms with Crippen molar-refractivity contribution in [3.05, 3.63) is 33.9 Å². The van der Waals surface area contributed by atoms with Crippen molar-refractivity contribution in [3.8, 4) is 0 Å². The van der Waals surface area contributed by atoms with E-state index < -0.39 is 10.9 Å². The van der Waals surface area contributed by atoms with Gasteiger partial charge in [-0.3, -0.25) is 10.1 Å². The zero-order valence-corrected chi connectivity index (χ0v) is 12.1. The Hall–Kier alpha value is -1.76. The minimum atomic E-state index is -1.27. The molecule has 1 aromatic rings. The van der Waals surface area contributed by atoms with Gasteiger partial charge < -0.3 is 10.0 Å². The SMILES string of the molecule is CC1CN(c2ccc([N+](=O)[O-])c(C(=O)O)c2)CC(C)S1. The molecule has 2 atom stereocenters. The van der Waals surface area contributed by atoms with E-state index in [1.54, 1.807) is 6.07 Å². The number of carboxylic acid groups (broad SMARTS) is 1. The Balaban J connectivity index is 2.36. The van der Waals surface area contributed by atoms with Crippen molar-refractivity contribution in [2.24, 2.45) is 0 Å². The zero-order valence-electron chi connectivity index (χ0n) is 11.3. The van der Waals surface area contributed by atoms with Crippen LogP contribution < -0.4 is 4.90 Å². The number of hydrogen-bond donors (Lipinski definition) is 1. The molecular weight excluding hydrogens is 280 g/mol. The summed E-state index contributed by atoms with van der Waals surface area (Å²) in [5.41, 5.74) is 0.103. The van der Waals surface area contributed by atoms with E-state index in [-0.39, 0.29) is 11.3 Å². The molecule has 1 N–H and O–H groups in total. The number of nitro groups is 1. The lowest BCUT2D eigenvalue weighted by Crippen LogP contribution is -2.40. The number of thioether (sulfide) groups is 1. The van der Waals surface area contributed by atoms with Crippen molar-refractivity contribution in [1.29, 1.82) is 0 Å². The largest absolute Gasteiger partial charge is 0.477 e. The van der Waals surface area contributed by atoms with Crippen LogP contribution in [-0.2, 0) is 0 Å². The molecule has 2 rings (SSSR count). The van der Waals surface area contributed by atoms with Crippen molar-refractivity contribution < 1.29 is 14.8 Å². The molecule has 0 aromatic heterocycles. The first-order valence-corrected chi connectivity index (χ1v) is 7.25. The molecule has 1 aliphatic heterocycles. The van der Waals surface area contributed by atoms with E-state index >= 15 is 0 Å². The lowest BCUT2D eigenvalue weighted by Gasteiger charge is -2.36. The van der Waals surface area contributed by atoms with E-state index in [9.17, 15) is 14.9 Å². The number of benzene rings is 1. The molecule has 2 unspecified atom stereocenters. The van der Waals surface area contributed by atoms with Gasteiger partial charge in [-0.25, -0.2) is 4.79 Å². The van der Waals surface area contributed by atoms with E-state index in [2.05, 4.69) is 18.7 Å². The highest BCUT2D eigenvalue weighted by molar-refractivity contribution is 8.00. The van der Waals surface area contributed by atoms with Gasteiger partial charge in [-0.2, -0.15) is 11.8 Å². The molecule has 20 heavy (non-hydrogen) atoms.